The fraction of sp³-hybridized carbons (Fsp3) is 0.182. The number of halogens is 2. The van der Waals surface area contributed by atoms with Crippen LogP contribution in [0.25, 0.3) is 11.3 Å². The fourth-order valence-corrected chi connectivity index (χ4v) is 4.06. The lowest BCUT2D eigenvalue weighted by Crippen LogP contribution is -2.32. The van der Waals surface area contributed by atoms with Crippen LogP contribution in [0.5, 0.6) is 0 Å². The van der Waals surface area contributed by atoms with Gasteiger partial charge < -0.3 is 15.3 Å². The third-order valence-corrected chi connectivity index (χ3v) is 5.86. The SMILES string of the molecule is Cn1nccc1Nc1nccc(-c2cc3n(c2)C(=O)N([C@H](CO)c2ccc(F)c(Cl)c2)C3)n1. The Bertz CT molecular complexity index is 1350. The number of nitrogens with zero attached hydrogens (tertiary/aromatic N) is 6. The molecule has 0 saturated heterocycles. The molecule has 0 bridgehead atoms. The third-order valence-electron chi connectivity index (χ3n) is 5.57. The highest BCUT2D eigenvalue weighted by atomic mass is 35.5. The number of benzene rings is 1. The Morgan fingerprint density at radius 2 is 2.09 bits per heavy atom. The van der Waals surface area contributed by atoms with Gasteiger partial charge in [-0.15, -0.1) is 0 Å². The van der Waals surface area contributed by atoms with Gasteiger partial charge in [0, 0.05) is 36.8 Å². The molecule has 1 amide bonds. The Balaban J connectivity index is 1.38. The standard InChI is InChI=1S/C22H19ClFN7O2/c1-29-20(5-7-26-29)28-21-25-6-4-18(27-21)14-8-15-11-31(22(33)30(15)10-14)19(12-32)13-2-3-17(24)16(23)9-13/h2-10,19,32H,11-12H2,1H3,(H,25,27,28)/t19-/m1/s1. The number of hydrogen-bond acceptors (Lipinski definition) is 6. The maximum Gasteiger partial charge on any atom is 0.329 e. The van der Waals surface area contributed by atoms with Gasteiger partial charge in [-0.2, -0.15) is 5.10 Å². The molecule has 2 N–H and O–H groups in total. The summed E-state index contributed by atoms with van der Waals surface area (Å²) in [6.07, 6.45) is 5.01. The summed E-state index contributed by atoms with van der Waals surface area (Å²) < 4.78 is 16.7. The summed E-state index contributed by atoms with van der Waals surface area (Å²) in [5.41, 5.74) is 2.73. The molecular formula is C22H19ClFN7O2. The molecule has 1 atom stereocenters. The lowest BCUT2D eigenvalue weighted by molar-refractivity contribution is 0.141. The summed E-state index contributed by atoms with van der Waals surface area (Å²) in [5.74, 6) is 0.597. The molecular weight excluding hydrogens is 449 g/mol. The largest absolute Gasteiger partial charge is 0.394 e. The van der Waals surface area contributed by atoms with E-state index in [-0.39, 0.29) is 24.2 Å². The number of aromatic nitrogens is 5. The van der Waals surface area contributed by atoms with Crippen LogP contribution in [-0.4, -0.2) is 47.0 Å². The van der Waals surface area contributed by atoms with Gasteiger partial charge in [-0.05, 0) is 29.8 Å². The molecule has 3 aromatic heterocycles. The van der Waals surface area contributed by atoms with Crippen molar-refractivity contribution < 1.29 is 14.3 Å². The zero-order valence-electron chi connectivity index (χ0n) is 17.5. The smallest absolute Gasteiger partial charge is 0.329 e. The highest BCUT2D eigenvalue weighted by Gasteiger charge is 2.34. The number of fused-ring (bicyclic) bond motifs is 1. The van der Waals surface area contributed by atoms with E-state index in [1.165, 1.54) is 27.7 Å². The molecule has 11 heteroatoms. The quantitative estimate of drug-likeness (QED) is 0.448. The number of aliphatic hydroxyl groups is 1. The summed E-state index contributed by atoms with van der Waals surface area (Å²) in [5, 5.41) is 17.1. The minimum absolute atomic E-state index is 0.0567. The van der Waals surface area contributed by atoms with Crippen molar-refractivity contribution in [3.63, 3.8) is 0 Å². The Morgan fingerprint density at radius 1 is 1.24 bits per heavy atom. The van der Waals surface area contributed by atoms with E-state index in [0.717, 1.165) is 17.1 Å². The van der Waals surface area contributed by atoms with Gasteiger partial charge in [-0.3, -0.25) is 9.25 Å². The molecule has 0 unspecified atom stereocenters. The van der Waals surface area contributed by atoms with Gasteiger partial charge in [0.25, 0.3) is 0 Å². The number of rotatable bonds is 6. The third kappa shape index (κ3) is 3.83. The molecule has 4 heterocycles. The van der Waals surface area contributed by atoms with Crippen LogP contribution in [-0.2, 0) is 13.6 Å². The normalized spacial score (nSPS) is 13.9. The van der Waals surface area contributed by atoms with Crippen molar-refractivity contribution in [1.82, 2.24) is 29.2 Å². The lowest BCUT2D eigenvalue weighted by Gasteiger charge is -2.26. The first-order valence-corrected chi connectivity index (χ1v) is 10.5. The van der Waals surface area contributed by atoms with Crippen molar-refractivity contribution in [3.05, 3.63) is 77.1 Å². The molecule has 1 aliphatic rings. The monoisotopic (exact) mass is 467 g/mol. The Labute approximate surface area is 193 Å². The van der Waals surface area contributed by atoms with E-state index in [2.05, 4.69) is 20.4 Å². The summed E-state index contributed by atoms with van der Waals surface area (Å²) >= 11 is 5.89. The first-order valence-electron chi connectivity index (χ1n) is 10.1. The van der Waals surface area contributed by atoms with Gasteiger partial charge in [0.15, 0.2) is 0 Å². The molecule has 0 fully saturated rings. The van der Waals surface area contributed by atoms with Gasteiger partial charge in [-0.25, -0.2) is 19.2 Å². The predicted molar refractivity (Wildman–Crippen MR) is 120 cm³/mol. The molecule has 33 heavy (non-hydrogen) atoms. The van der Waals surface area contributed by atoms with E-state index in [1.807, 2.05) is 19.2 Å². The van der Waals surface area contributed by atoms with Crippen LogP contribution in [0.15, 0.2) is 55.0 Å². The van der Waals surface area contributed by atoms with Crippen molar-refractivity contribution in [2.75, 3.05) is 11.9 Å². The predicted octanol–water partition coefficient (Wildman–Crippen LogP) is 3.73. The minimum atomic E-state index is -0.646. The van der Waals surface area contributed by atoms with Crippen LogP contribution in [0.2, 0.25) is 5.02 Å². The highest BCUT2D eigenvalue weighted by Crippen LogP contribution is 2.33. The van der Waals surface area contributed by atoms with E-state index < -0.39 is 11.9 Å². The molecule has 1 aliphatic heterocycles. The molecule has 9 nitrogen and oxygen atoms in total. The molecule has 168 valence electrons. The number of anilines is 2. The fourth-order valence-electron chi connectivity index (χ4n) is 3.87. The molecule has 5 rings (SSSR count). The van der Waals surface area contributed by atoms with Crippen LogP contribution in [0.4, 0.5) is 21.0 Å². The van der Waals surface area contributed by atoms with Gasteiger partial charge >= 0.3 is 6.03 Å². The van der Waals surface area contributed by atoms with Crippen molar-refractivity contribution in [2.24, 2.45) is 7.05 Å². The first kappa shape index (κ1) is 21.1. The first-order chi connectivity index (χ1) is 15.9. The molecule has 0 spiro atoms. The zero-order chi connectivity index (χ0) is 23.1. The topological polar surface area (TPSA) is 101 Å². The van der Waals surface area contributed by atoms with Crippen LogP contribution < -0.4 is 5.32 Å². The van der Waals surface area contributed by atoms with Crippen molar-refractivity contribution >= 4 is 29.4 Å². The number of hydrogen-bond donors (Lipinski definition) is 2. The molecule has 0 radical (unpaired) electrons. The zero-order valence-corrected chi connectivity index (χ0v) is 18.2. The van der Waals surface area contributed by atoms with E-state index >= 15 is 0 Å². The van der Waals surface area contributed by atoms with Gasteiger partial charge in [0.05, 0.1) is 36.1 Å². The summed E-state index contributed by atoms with van der Waals surface area (Å²) in [4.78, 5) is 23.4. The summed E-state index contributed by atoms with van der Waals surface area (Å²) in [7, 11) is 1.81. The number of aliphatic hydroxyl groups excluding tert-OH is 1. The van der Waals surface area contributed by atoms with E-state index in [4.69, 9.17) is 11.6 Å². The van der Waals surface area contributed by atoms with Gasteiger partial charge in [0.1, 0.15) is 11.6 Å². The second-order valence-electron chi connectivity index (χ2n) is 7.60. The number of aryl methyl sites for hydroxylation is 1. The second kappa shape index (κ2) is 8.30. The number of amides is 1. The van der Waals surface area contributed by atoms with E-state index in [9.17, 15) is 14.3 Å². The van der Waals surface area contributed by atoms with E-state index in [1.54, 1.807) is 29.3 Å². The van der Waals surface area contributed by atoms with Gasteiger partial charge in [0.2, 0.25) is 5.95 Å². The van der Waals surface area contributed by atoms with Crippen molar-refractivity contribution in [2.45, 2.75) is 12.6 Å². The molecule has 1 aromatic carbocycles. The second-order valence-corrected chi connectivity index (χ2v) is 8.01. The van der Waals surface area contributed by atoms with Crippen LogP contribution >= 0.6 is 11.6 Å². The van der Waals surface area contributed by atoms with Crippen LogP contribution in [0, 0.1) is 5.82 Å². The summed E-state index contributed by atoms with van der Waals surface area (Å²) in [6, 6.07) is 8.69. The maximum atomic E-state index is 13.5. The number of carbonyl (C=O) groups is 1. The maximum absolute atomic E-state index is 13.5. The Kier molecular flexibility index (Phi) is 5.31. The Hall–Kier alpha value is -3.76. The average Bonchev–Trinajstić information content (AvgIpc) is 3.49. The van der Waals surface area contributed by atoms with Crippen molar-refractivity contribution in [1.29, 1.82) is 0 Å². The molecule has 4 aromatic rings. The number of carbonyl (C=O) groups excluding carboxylic acids is 1. The lowest BCUT2D eigenvalue weighted by atomic mass is 10.1. The minimum Gasteiger partial charge on any atom is -0.394 e. The molecule has 0 saturated carbocycles. The Morgan fingerprint density at radius 3 is 2.79 bits per heavy atom. The highest BCUT2D eigenvalue weighted by molar-refractivity contribution is 6.30. The van der Waals surface area contributed by atoms with Gasteiger partial charge in [-0.1, -0.05) is 17.7 Å². The van der Waals surface area contributed by atoms with E-state index in [0.29, 0.717) is 17.2 Å². The number of nitrogens with one attached hydrogen (secondary N) is 1. The van der Waals surface area contributed by atoms with Crippen LogP contribution in [0.3, 0.4) is 0 Å². The average molecular weight is 468 g/mol. The molecule has 0 aliphatic carbocycles. The van der Waals surface area contributed by atoms with Crippen LogP contribution in [0.1, 0.15) is 17.3 Å². The summed E-state index contributed by atoms with van der Waals surface area (Å²) in [6.45, 7) is -0.0371. The van der Waals surface area contributed by atoms with Crippen molar-refractivity contribution in [3.8, 4) is 11.3 Å².